The molecule has 0 amide bonds. The van der Waals surface area contributed by atoms with Crippen LogP contribution in [-0.4, -0.2) is 24.9 Å². The summed E-state index contributed by atoms with van der Waals surface area (Å²) in [6.45, 7) is 0. The third-order valence-corrected chi connectivity index (χ3v) is 3.12. The molecule has 0 atom stereocenters. The Morgan fingerprint density at radius 3 is 2.41 bits per heavy atom. The maximum atomic E-state index is 12.0. The number of halogens is 5. The minimum absolute atomic E-state index is 0.383. The topological polar surface area (TPSA) is 76.5 Å². The van der Waals surface area contributed by atoms with Crippen molar-refractivity contribution in [3.63, 3.8) is 0 Å². The Labute approximate surface area is 106 Å². The molecule has 0 saturated carbocycles. The average Bonchev–Trinajstić information content (AvgIpc) is 2.06. The van der Waals surface area contributed by atoms with Gasteiger partial charge in [-0.15, -0.1) is 13.2 Å². The van der Waals surface area contributed by atoms with Crippen LogP contribution in [0.2, 0.25) is 0 Å². The van der Waals surface area contributed by atoms with E-state index in [2.05, 4.69) is 25.7 Å². The third-order valence-electron chi connectivity index (χ3n) is 1.35. The number of nitrogens with zero attached hydrogens (tertiary/aromatic N) is 1. The highest BCUT2D eigenvalue weighted by Crippen LogP contribution is 2.35. The van der Waals surface area contributed by atoms with Gasteiger partial charge in [0.25, 0.3) is 9.05 Å². The van der Waals surface area contributed by atoms with Gasteiger partial charge in [-0.05, 0) is 15.9 Å². The second-order valence-electron chi connectivity index (χ2n) is 2.59. The molecule has 0 fully saturated rings. The summed E-state index contributed by atoms with van der Waals surface area (Å²) in [5.74, 6) is -1.94. The van der Waals surface area contributed by atoms with E-state index in [4.69, 9.17) is 15.8 Å². The average molecular weight is 357 g/mol. The van der Waals surface area contributed by atoms with E-state index < -0.39 is 31.9 Å². The summed E-state index contributed by atoms with van der Waals surface area (Å²) >= 11 is 2.63. The maximum Gasteiger partial charge on any atom is 0.573 e. The fraction of sp³-hybridized carbons (Fsp3) is 0.167. The van der Waals surface area contributed by atoms with Gasteiger partial charge < -0.3 is 9.84 Å². The molecule has 1 heterocycles. The first-order valence-corrected chi connectivity index (χ1v) is 6.71. The minimum atomic E-state index is -5.14. The van der Waals surface area contributed by atoms with Crippen molar-refractivity contribution in [2.75, 3.05) is 0 Å². The Morgan fingerprint density at radius 2 is 2.00 bits per heavy atom. The fourth-order valence-electron chi connectivity index (χ4n) is 0.819. The lowest BCUT2D eigenvalue weighted by molar-refractivity contribution is -0.275. The zero-order valence-corrected chi connectivity index (χ0v) is 10.7. The van der Waals surface area contributed by atoms with Crippen molar-refractivity contribution in [1.82, 2.24) is 4.98 Å². The number of hydrogen-bond donors (Lipinski definition) is 1. The Balaban J connectivity index is 3.42. The lowest BCUT2D eigenvalue weighted by Gasteiger charge is -2.11. The summed E-state index contributed by atoms with van der Waals surface area (Å²) in [5, 5.41) is 7.94. The molecule has 0 radical (unpaired) electrons. The second kappa shape index (κ2) is 4.50. The van der Waals surface area contributed by atoms with Gasteiger partial charge in [-0.3, -0.25) is 0 Å². The normalized spacial score (nSPS) is 12.5. The first-order chi connectivity index (χ1) is 7.50. The van der Waals surface area contributed by atoms with Gasteiger partial charge in [-0.1, -0.05) is 0 Å². The van der Waals surface area contributed by atoms with Gasteiger partial charge in [-0.2, -0.15) is 0 Å². The number of alkyl halides is 3. The summed E-state index contributed by atoms with van der Waals surface area (Å²) in [4.78, 5) is 3.15. The Kier molecular flexibility index (Phi) is 3.79. The lowest BCUT2D eigenvalue weighted by atomic mass is 10.4. The quantitative estimate of drug-likeness (QED) is 0.650. The Morgan fingerprint density at radius 1 is 1.47 bits per heavy atom. The fourth-order valence-corrected chi connectivity index (χ4v) is 2.10. The molecule has 0 bridgehead atoms. The number of hydrogen-bond acceptors (Lipinski definition) is 5. The highest BCUT2D eigenvalue weighted by molar-refractivity contribution is 9.10. The molecule has 11 heteroatoms. The molecule has 1 aromatic rings. The lowest BCUT2D eigenvalue weighted by Crippen LogP contribution is -2.19. The second-order valence-corrected chi connectivity index (χ2v) is 5.82. The number of aromatic nitrogens is 1. The molecule has 0 aliphatic heterocycles. The van der Waals surface area contributed by atoms with Gasteiger partial charge in [0, 0.05) is 16.7 Å². The van der Waals surface area contributed by atoms with Crippen LogP contribution in [0.25, 0.3) is 0 Å². The number of rotatable bonds is 2. The van der Waals surface area contributed by atoms with Crippen LogP contribution in [0.5, 0.6) is 11.5 Å². The van der Waals surface area contributed by atoms with Crippen LogP contribution < -0.4 is 4.74 Å². The van der Waals surface area contributed by atoms with E-state index >= 15 is 0 Å². The van der Waals surface area contributed by atoms with Gasteiger partial charge in [0.2, 0.25) is 5.03 Å². The summed E-state index contributed by atoms with van der Waals surface area (Å²) < 4.78 is 60.8. The van der Waals surface area contributed by atoms with Gasteiger partial charge in [0.15, 0.2) is 11.5 Å². The van der Waals surface area contributed by atoms with Crippen LogP contribution in [0.15, 0.2) is 15.7 Å². The molecule has 5 nitrogen and oxygen atoms in total. The molecular weight excluding hydrogens is 354 g/mol. The van der Waals surface area contributed by atoms with Crippen molar-refractivity contribution >= 4 is 35.7 Å². The van der Waals surface area contributed by atoms with Crippen molar-refractivity contribution in [3.8, 4) is 11.5 Å². The van der Waals surface area contributed by atoms with E-state index in [0.29, 0.717) is 6.07 Å². The molecule has 1 N–H and O–H groups in total. The summed E-state index contributed by atoms with van der Waals surface area (Å²) in [6, 6.07) is 0.430. The minimum Gasteiger partial charge on any atom is -0.505 e. The van der Waals surface area contributed by atoms with Crippen LogP contribution in [0.3, 0.4) is 0 Å². The zero-order valence-electron chi connectivity index (χ0n) is 7.49. The van der Waals surface area contributed by atoms with Crippen molar-refractivity contribution in [2.24, 2.45) is 0 Å². The molecule has 0 aromatic carbocycles. The first-order valence-electron chi connectivity index (χ1n) is 3.60. The van der Waals surface area contributed by atoms with Crippen LogP contribution in [0.4, 0.5) is 13.2 Å². The molecule has 1 rings (SSSR count). The molecule has 0 aliphatic rings. The van der Waals surface area contributed by atoms with E-state index in [-0.39, 0.29) is 4.60 Å². The SMILES string of the molecule is O=S(=O)(Cl)c1nc(Br)c(O)cc1OC(F)(F)F. The number of ether oxygens (including phenoxy) is 1. The van der Waals surface area contributed by atoms with E-state index in [1.807, 2.05) is 0 Å². The highest BCUT2D eigenvalue weighted by Gasteiger charge is 2.35. The zero-order chi connectivity index (χ0) is 13.4. The van der Waals surface area contributed by atoms with Gasteiger partial charge in [0.05, 0.1) is 0 Å². The molecular formula is C6H2BrClF3NO4S. The van der Waals surface area contributed by atoms with E-state index in [1.54, 1.807) is 0 Å². The van der Waals surface area contributed by atoms with Crippen molar-refractivity contribution in [1.29, 1.82) is 0 Å². The molecule has 0 spiro atoms. The van der Waals surface area contributed by atoms with Crippen LogP contribution >= 0.6 is 26.6 Å². The molecule has 96 valence electrons. The van der Waals surface area contributed by atoms with Crippen molar-refractivity contribution < 1.29 is 31.4 Å². The first kappa shape index (κ1) is 14.3. The predicted molar refractivity (Wildman–Crippen MR) is 53.3 cm³/mol. The molecule has 1 aromatic heterocycles. The largest absolute Gasteiger partial charge is 0.573 e. The summed E-state index contributed by atoms with van der Waals surface area (Å²) in [5.41, 5.74) is 0. The standard InChI is InChI=1S/C6H2BrClF3NO4S/c7-4-2(13)1-3(16-6(9,10)11)5(12-4)17(8,14)15/h1,13H. The predicted octanol–water partition coefficient (Wildman–Crippen LogP) is 2.38. The third kappa shape index (κ3) is 3.89. The molecule has 17 heavy (non-hydrogen) atoms. The maximum absolute atomic E-state index is 12.0. The van der Waals surface area contributed by atoms with Gasteiger partial charge in [0.1, 0.15) is 4.60 Å². The number of aromatic hydroxyl groups is 1. The molecule has 0 unspecified atom stereocenters. The van der Waals surface area contributed by atoms with Gasteiger partial charge in [-0.25, -0.2) is 13.4 Å². The van der Waals surface area contributed by atoms with E-state index in [1.165, 1.54) is 0 Å². The monoisotopic (exact) mass is 355 g/mol. The van der Waals surface area contributed by atoms with Crippen molar-refractivity contribution in [3.05, 3.63) is 10.7 Å². The molecule has 0 aliphatic carbocycles. The smallest absolute Gasteiger partial charge is 0.505 e. The van der Waals surface area contributed by atoms with Crippen molar-refractivity contribution in [2.45, 2.75) is 11.4 Å². The van der Waals surface area contributed by atoms with Gasteiger partial charge >= 0.3 is 6.36 Å². The van der Waals surface area contributed by atoms with Crippen LogP contribution in [0, 0.1) is 0 Å². The van der Waals surface area contributed by atoms with E-state index in [9.17, 15) is 21.6 Å². The van der Waals surface area contributed by atoms with E-state index in [0.717, 1.165) is 0 Å². The Bertz CT molecular complexity index is 547. The summed E-state index contributed by atoms with van der Waals surface area (Å²) in [7, 11) is 0.327. The Hall–Kier alpha value is -0.740. The van der Waals surface area contributed by atoms with Crippen LogP contribution in [-0.2, 0) is 9.05 Å². The summed E-state index contributed by atoms with van der Waals surface area (Å²) in [6.07, 6.45) is -5.14. The molecule has 0 saturated heterocycles. The highest BCUT2D eigenvalue weighted by atomic mass is 79.9. The van der Waals surface area contributed by atoms with Crippen LogP contribution in [0.1, 0.15) is 0 Å². The number of pyridine rings is 1.